The summed E-state index contributed by atoms with van der Waals surface area (Å²) in [5, 5.41) is 9.40. The first-order valence-corrected chi connectivity index (χ1v) is 14.3. The molecular formula is C32H31FN2O4S. The minimum atomic E-state index is -0.902. The Morgan fingerprint density at radius 1 is 1.05 bits per heavy atom. The van der Waals surface area contributed by atoms with Crippen molar-refractivity contribution in [2.45, 2.75) is 51.0 Å². The van der Waals surface area contributed by atoms with Gasteiger partial charge in [-0.1, -0.05) is 61.7 Å². The van der Waals surface area contributed by atoms with Crippen molar-refractivity contribution in [3.8, 4) is 5.75 Å². The third kappa shape index (κ3) is 6.80. The van der Waals surface area contributed by atoms with Gasteiger partial charge < -0.3 is 9.84 Å². The second-order valence-electron chi connectivity index (χ2n) is 10.2. The van der Waals surface area contributed by atoms with Crippen molar-refractivity contribution >= 4 is 40.6 Å². The van der Waals surface area contributed by atoms with E-state index in [1.54, 1.807) is 49.5 Å². The molecule has 3 aromatic carbocycles. The molecule has 1 N–H and O–H groups in total. The number of carboxylic acids is 1. The molecule has 3 aromatic rings. The molecular weight excluding hydrogens is 527 g/mol. The molecule has 1 saturated heterocycles. The van der Waals surface area contributed by atoms with Crippen molar-refractivity contribution in [1.82, 2.24) is 4.90 Å². The van der Waals surface area contributed by atoms with Gasteiger partial charge >= 0.3 is 5.97 Å². The van der Waals surface area contributed by atoms with E-state index >= 15 is 0 Å². The Balaban J connectivity index is 1.21. The Kier molecular flexibility index (Phi) is 8.65. The van der Waals surface area contributed by atoms with E-state index in [0.29, 0.717) is 32.8 Å². The zero-order chi connectivity index (χ0) is 28.1. The van der Waals surface area contributed by atoms with Gasteiger partial charge in [-0.05, 0) is 83.1 Å². The molecule has 0 aromatic heterocycles. The maximum atomic E-state index is 14.9. The van der Waals surface area contributed by atoms with Crippen LogP contribution < -0.4 is 4.74 Å². The van der Waals surface area contributed by atoms with E-state index in [-0.39, 0.29) is 24.7 Å². The number of carbonyl (C=O) groups is 2. The Bertz CT molecular complexity index is 1440. The fourth-order valence-electron chi connectivity index (χ4n) is 4.98. The lowest BCUT2D eigenvalue weighted by atomic mass is 9.84. The highest BCUT2D eigenvalue weighted by atomic mass is 32.2. The summed E-state index contributed by atoms with van der Waals surface area (Å²) < 4.78 is 20.6. The monoisotopic (exact) mass is 558 g/mol. The third-order valence-electron chi connectivity index (χ3n) is 7.22. The minimum Gasteiger partial charge on any atom is -0.486 e. The number of rotatable bonds is 8. The lowest BCUT2D eigenvalue weighted by Crippen LogP contribution is -2.23. The van der Waals surface area contributed by atoms with Gasteiger partial charge in [0.2, 0.25) is 0 Å². The van der Waals surface area contributed by atoms with Crippen molar-refractivity contribution in [3.05, 3.63) is 99.7 Å². The molecule has 0 atom stereocenters. The number of amidine groups is 1. The molecule has 0 radical (unpaired) electrons. The predicted molar refractivity (Wildman–Crippen MR) is 156 cm³/mol. The molecule has 206 valence electrons. The lowest BCUT2D eigenvalue weighted by Gasteiger charge is -2.22. The molecule has 0 bridgehead atoms. The molecule has 0 spiro atoms. The number of benzene rings is 3. The van der Waals surface area contributed by atoms with Crippen molar-refractivity contribution in [3.63, 3.8) is 0 Å². The van der Waals surface area contributed by atoms with E-state index < -0.39 is 11.8 Å². The van der Waals surface area contributed by atoms with Gasteiger partial charge in [0.1, 0.15) is 6.61 Å². The number of thioether (sulfide) groups is 1. The van der Waals surface area contributed by atoms with Crippen LogP contribution in [0.1, 0.15) is 60.3 Å². The first-order chi connectivity index (χ1) is 19.4. The summed E-state index contributed by atoms with van der Waals surface area (Å²) in [6.45, 7) is 0.276. The topological polar surface area (TPSA) is 79.2 Å². The van der Waals surface area contributed by atoms with Gasteiger partial charge in [-0.2, -0.15) is 0 Å². The zero-order valence-electron chi connectivity index (χ0n) is 22.3. The van der Waals surface area contributed by atoms with E-state index in [2.05, 4.69) is 29.3 Å². The second kappa shape index (κ2) is 12.5. The first kappa shape index (κ1) is 27.6. The molecule has 1 heterocycles. The molecule has 1 amide bonds. The quantitative estimate of drug-likeness (QED) is 0.293. The Morgan fingerprint density at radius 2 is 1.75 bits per heavy atom. The fraction of sp³-hybridized carbons (Fsp3) is 0.281. The van der Waals surface area contributed by atoms with Gasteiger partial charge in [0, 0.05) is 7.05 Å². The normalized spacial score (nSPS) is 18.1. The van der Waals surface area contributed by atoms with Gasteiger partial charge in [-0.3, -0.25) is 14.5 Å². The first-order valence-electron chi connectivity index (χ1n) is 13.4. The molecule has 2 aliphatic rings. The number of halogens is 1. The number of ether oxygens (including phenoxy) is 1. The second-order valence-corrected chi connectivity index (χ2v) is 11.2. The molecule has 40 heavy (non-hydrogen) atoms. The summed E-state index contributed by atoms with van der Waals surface area (Å²) in [4.78, 5) is 30.1. The average Bonchev–Trinajstić information content (AvgIpc) is 3.21. The SMILES string of the molecule is CN1C(=O)/C(=C/c2ccc(OCc3ccc(C4CCCCC4)cc3)c(F)c2)SC1=Nc1ccc(CC(=O)O)cc1. The van der Waals surface area contributed by atoms with Crippen LogP contribution in [0, 0.1) is 5.82 Å². The standard InChI is InChI=1S/C32H31FN2O4S/c1-35-31(38)29(40-32(35)34-26-14-9-21(10-15-26)19-30(36)37)18-23-11-16-28(27(33)17-23)39-20-22-7-12-25(13-8-22)24-5-3-2-4-6-24/h7-18,24H,2-6,19-20H2,1H3,(H,36,37)/b29-18-,34-32?. The van der Waals surface area contributed by atoms with Gasteiger partial charge in [0.05, 0.1) is 17.0 Å². The summed E-state index contributed by atoms with van der Waals surface area (Å²) in [6.07, 6.45) is 8.00. The lowest BCUT2D eigenvalue weighted by molar-refractivity contribution is -0.136. The van der Waals surface area contributed by atoms with Gasteiger partial charge in [0.25, 0.3) is 5.91 Å². The number of carbonyl (C=O) groups excluding carboxylic acids is 1. The summed E-state index contributed by atoms with van der Waals surface area (Å²) in [7, 11) is 1.63. The van der Waals surface area contributed by atoms with Crippen LogP contribution >= 0.6 is 11.8 Å². The van der Waals surface area contributed by atoms with E-state index in [1.807, 2.05) is 0 Å². The summed E-state index contributed by atoms with van der Waals surface area (Å²) in [5.74, 6) is -0.821. The number of hydrogen-bond donors (Lipinski definition) is 1. The molecule has 1 aliphatic heterocycles. The number of hydrogen-bond acceptors (Lipinski definition) is 5. The molecule has 2 fully saturated rings. The third-order valence-corrected chi connectivity index (χ3v) is 8.28. The summed E-state index contributed by atoms with van der Waals surface area (Å²) >= 11 is 1.20. The van der Waals surface area contributed by atoms with Crippen LogP contribution in [0.4, 0.5) is 10.1 Å². The number of carboxylic acid groups (broad SMARTS) is 1. The van der Waals surface area contributed by atoms with Crippen LogP contribution in [-0.4, -0.2) is 34.1 Å². The van der Waals surface area contributed by atoms with Crippen molar-refractivity contribution in [2.24, 2.45) is 4.99 Å². The molecule has 6 nitrogen and oxygen atoms in total. The molecule has 1 aliphatic carbocycles. The van der Waals surface area contributed by atoms with E-state index in [0.717, 1.165) is 5.56 Å². The van der Waals surface area contributed by atoms with Crippen molar-refractivity contribution < 1.29 is 23.8 Å². The Labute approximate surface area is 237 Å². The predicted octanol–water partition coefficient (Wildman–Crippen LogP) is 7.31. The average molecular weight is 559 g/mol. The van der Waals surface area contributed by atoms with Crippen LogP contribution in [0.2, 0.25) is 0 Å². The Hall–Kier alpha value is -3.91. The van der Waals surface area contributed by atoms with Gasteiger partial charge in [0.15, 0.2) is 16.7 Å². The van der Waals surface area contributed by atoms with Gasteiger partial charge in [-0.15, -0.1) is 0 Å². The van der Waals surface area contributed by atoms with Crippen LogP contribution in [0.25, 0.3) is 6.08 Å². The smallest absolute Gasteiger partial charge is 0.307 e. The van der Waals surface area contributed by atoms with Crippen molar-refractivity contribution in [2.75, 3.05) is 7.05 Å². The van der Waals surface area contributed by atoms with Crippen LogP contribution in [0.3, 0.4) is 0 Å². The van der Waals surface area contributed by atoms with E-state index in [4.69, 9.17) is 9.84 Å². The summed E-state index contributed by atoms with van der Waals surface area (Å²) in [6, 6.07) is 19.9. The van der Waals surface area contributed by atoms with Crippen LogP contribution in [0.5, 0.6) is 5.75 Å². The molecule has 1 saturated carbocycles. The van der Waals surface area contributed by atoms with E-state index in [9.17, 15) is 14.0 Å². The highest BCUT2D eigenvalue weighted by Crippen LogP contribution is 2.34. The van der Waals surface area contributed by atoms with E-state index in [1.165, 1.54) is 60.4 Å². The van der Waals surface area contributed by atoms with Gasteiger partial charge in [-0.25, -0.2) is 9.38 Å². The van der Waals surface area contributed by atoms with Crippen LogP contribution in [-0.2, 0) is 22.6 Å². The molecule has 0 unspecified atom stereocenters. The minimum absolute atomic E-state index is 0.0647. The zero-order valence-corrected chi connectivity index (χ0v) is 23.1. The summed E-state index contributed by atoms with van der Waals surface area (Å²) in [5.41, 5.74) is 4.19. The Morgan fingerprint density at radius 3 is 2.42 bits per heavy atom. The van der Waals surface area contributed by atoms with Crippen molar-refractivity contribution in [1.29, 1.82) is 0 Å². The number of aliphatic carboxylic acids is 1. The molecule has 8 heteroatoms. The number of nitrogens with zero attached hydrogens (tertiary/aromatic N) is 2. The maximum absolute atomic E-state index is 14.9. The highest BCUT2D eigenvalue weighted by molar-refractivity contribution is 8.18. The largest absolute Gasteiger partial charge is 0.486 e. The fourth-order valence-corrected chi connectivity index (χ4v) is 5.97. The highest BCUT2D eigenvalue weighted by Gasteiger charge is 2.30. The molecule has 5 rings (SSSR count). The number of amides is 1. The maximum Gasteiger partial charge on any atom is 0.307 e. The number of likely N-dealkylation sites (N-methyl/N-ethyl adjacent to an activating group) is 1. The van der Waals surface area contributed by atoms with Crippen LogP contribution in [0.15, 0.2) is 76.6 Å². The number of aliphatic imine (C=N–C) groups is 1.